The third kappa shape index (κ3) is 1.60. The minimum absolute atomic E-state index is 0.618. The van der Waals surface area contributed by atoms with Gasteiger partial charge in [0.05, 0.1) is 11.4 Å². The molecule has 0 aliphatic carbocycles. The molecule has 0 unspecified atom stereocenters. The van der Waals surface area contributed by atoms with Crippen molar-refractivity contribution in [1.29, 1.82) is 0 Å². The van der Waals surface area contributed by atoms with Crippen molar-refractivity contribution < 1.29 is 0 Å². The third-order valence-corrected chi connectivity index (χ3v) is 2.87. The number of rotatable bonds is 2. The molecule has 3 rings (SSSR count). The van der Waals surface area contributed by atoms with Crippen LogP contribution in [0.3, 0.4) is 0 Å². The van der Waals surface area contributed by atoms with Gasteiger partial charge in [0.15, 0.2) is 0 Å². The first-order chi connectivity index (χ1) is 8.79. The molecule has 5 heteroatoms. The van der Waals surface area contributed by atoms with Gasteiger partial charge in [0.1, 0.15) is 5.65 Å². The quantitative estimate of drug-likeness (QED) is 0.744. The van der Waals surface area contributed by atoms with E-state index in [1.54, 1.807) is 6.20 Å². The van der Waals surface area contributed by atoms with E-state index in [0.29, 0.717) is 5.95 Å². The summed E-state index contributed by atoms with van der Waals surface area (Å²) >= 11 is 0. The molecule has 0 atom stereocenters. The van der Waals surface area contributed by atoms with Crippen LogP contribution in [0.25, 0.3) is 17.0 Å². The molecule has 18 heavy (non-hydrogen) atoms. The zero-order chi connectivity index (χ0) is 12.5. The Kier molecular flexibility index (Phi) is 2.44. The maximum Gasteiger partial charge on any atom is 0.223 e. The summed E-state index contributed by atoms with van der Waals surface area (Å²) in [4.78, 5) is 13.0. The van der Waals surface area contributed by atoms with E-state index in [-0.39, 0.29) is 0 Å². The van der Waals surface area contributed by atoms with E-state index in [2.05, 4.69) is 20.3 Å². The molecule has 0 aliphatic heterocycles. The number of aromatic nitrogens is 4. The normalized spacial score (nSPS) is 10.8. The van der Waals surface area contributed by atoms with Crippen molar-refractivity contribution in [3.63, 3.8) is 0 Å². The van der Waals surface area contributed by atoms with Crippen molar-refractivity contribution >= 4 is 11.6 Å². The lowest BCUT2D eigenvalue weighted by Gasteiger charge is -2.09. The highest BCUT2D eigenvalue weighted by Crippen LogP contribution is 2.22. The lowest BCUT2D eigenvalue weighted by atomic mass is 10.2. The van der Waals surface area contributed by atoms with Gasteiger partial charge in [-0.25, -0.2) is 15.0 Å². The van der Waals surface area contributed by atoms with Gasteiger partial charge in [0, 0.05) is 25.6 Å². The largest absolute Gasteiger partial charge is 0.357 e. The standard InChI is InChI=1S/C13H13N5/c1-9-8-16-13(14-2)17-12(9)10-4-3-5-11-15-6-7-18(10)11/h3-8H,1-2H3,(H,14,16,17). The molecule has 3 heterocycles. The predicted octanol–water partition coefficient (Wildman–Crippen LogP) is 2.14. The number of hydrogen-bond acceptors (Lipinski definition) is 4. The van der Waals surface area contributed by atoms with Gasteiger partial charge < -0.3 is 5.32 Å². The minimum atomic E-state index is 0.618. The molecule has 0 saturated carbocycles. The van der Waals surface area contributed by atoms with Crippen molar-refractivity contribution in [2.75, 3.05) is 12.4 Å². The molecule has 3 aromatic heterocycles. The van der Waals surface area contributed by atoms with E-state index in [1.165, 1.54) is 0 Å². The molecule has 0 radical (unpaired) electrons. The number of imidazole rings is 1. The molecule has 0 spiro atoms. The Balaban J connectivity index is 2.28. The second kappa shape index (κ2) is 4.10. The molecular formula is C13H13N5. The summed E-state index contributed by atoms with van der Waals surface area (Å²) < 4.78 is 2.02. The van der Waals surface area contributed by atoms with E-state index in [0.717, 1.165) is 22.6 Å². The van der Waals surface area contributed by atoms with E-state index in [1.807, 2.05) is 49.0 Å². The molecule has 0 fully saturated rings. The zero-order valence-electron chi connectivity index (χ0n) is 10.3. The first kappa shape index (κ1) is 10.7. The molecule has 0 amide bonds. The van der Waals surface area contributed by atoms with Crippen LogP contribution in [-0.4, -0.2) is 26.4 Å². The Morgan fingerprint density at radius 3 is 2.94 bits per heavy atom. The second-order valence-electron chi connectivity index (χ2n) is 4.04. The van der Waals surface area contributed by atoms with Crippen LogP contribution in [-0.2, 0) is 0 Å². The van der Waals surface area contributed by atoms with E-state index < -0.39 is 0 Å². The maximum atomic E-state index is 4.52. The summed E-state index contributed by atoms with van der Waals surface area (Å²) in [5, 5.41) is 2.96. The topological polar surface area (TPSA) is 55.1 Å². The van der Waals surface area contributed by atoms with Crippen LogP contribution in [0.1, 0.15) is 5.56 Å². The Morgan fingerprint density at radius 1 is 1.22 bits per heavy atom. The molecule has 3 aromatic rings. The zero-order valence-corrected chi connectivity index (χ0v) is 10.3. The van der Waals surface area contributed by atoms with Crippen LogP contribution >= 0.6 is 0 Å². The van der Waals surface area contributed by atoms with Crippen molar-refractivity contribution in [3.8, 4) is 11.4 Å². The fourth-order valence-electron chi connectivity index (χ4n) is 1.96. The highest BCUT2D eigenvalue weighted by atomic mass is 15.1. The predicted molar refractivity (Wildman–Crippen MR) is 70.5 cm³/mol. The van der Waals surface area contributed by atoms with Gasteiger partial charge in [-0.05, 0) is 24.6 Å². The fraction of sp³-hybridized carbons (Fsp3) is 0.154. The van der Waals surface area contributed by atoms with Crippen molar-refractivity contribution in [2.45, 2.75) is 6.92 Å². The summed E-state index contributed by atoms with van der Waals surface area (Å²) in [6, 6.07) is 5.99. The molecular weight excluding hydrogens is 226 g/mol. The van der Waals surface area contributed by atoms with Gasteiger partial charge in [0.2, 0.25) is 5.95 Å². The van der Waals surface area contributed by atoms with Crippen LogP contribution in [0.2, 0.25) is 0 Å². The third-order valence-electron chi connectivity index (χ3n) is 2.87. The van der Waals surface area contributed by atoms with Crippen LogP contribution in [0.5, 0.6) is 0 Å². The van der Waals surface area contributed by atoms with E-state index in [9.17, 15) is 0 Å². The number of nitrogens with one attached hydrogen (secondary N) is 1. The van der Waals surface area contributed by atoms with Gasteiger partial charge in [-0.2, -0.15) is 0 Å². The number of fused-ring (bicyclic) bond motifs is 1. The Morgan fingerprint density at radius 2 is 2.11 bits per heavy atom. The second-order valence-corrected chi connectivity index (χ2v) is 4.04. The van der Waals surface area contributed by atoms with Crippen molar-refractivity contribution in [2.24, 2.45) is 0 Å². The number of anilines is 1. The molecule has 1 N–H and O–H groups in total. The van der Waals surface area contributed by atoms with Crippen molar-refractivity contribution in [3.05, 3.63) is 42.4 Å². The van der Waals surface area contributed by atoms with Gasteiger partial charge in [-0.15, -0.1) is 0 Å². The van der Waals surface area contributed by atoms with Gasteiger partial charge >= 0.3 is 0 Å². The Bertz CT molecular complexity index is 701. The van der Waals surface area contributed by atoms with Crippen molar-refractivity contribution in [1.82, 2.24) is 19.4 Å². The molecule has 90 valence electrons. The minimum Gasteiger partial charge on any atom is -0.357 e. The average Bonchev–Trinajstić information content (AvgIpc) is 2.87. The van der Waals surface area contributed by atoms with Crippen LogP contribution < -0.4 is 5.32 Å². The highest BCUT2D eigenvalue weighted by molar-refractivity contribution is 5.63. The summed E-state index contributed by atoms with van der Waals surface area (Å²) in [5.41, 5.74) is 3.88. The average molecular weight is 239 g/mol. The van der Waals surface area contributed by atoms with E-state index in [4.69, 9.17) is 0 Å². The van der Waals surface area contributed by atoms with Gasteiger partial charge in [-0.3, -0.25) is 4.40 Å². The summed E-state index contributed by atoms with van der Waals surface area (Å²) in [5.74, 6) is 0.618. The first-order valence-corrected chi connectivity index (χ1v) is 5.73. The van der Waals surface area contributed by atoms with E-state index >= 15 is 0 Å². The highest BCUT2D eigenvalue weighted by Gasteiger charge is 2.09. The summed E-state index contributed by atoms with van der Waals surface area (Å²) in [6.07, 6.45) is 5.55. The van der Waals surface area contributed by atoms with Crippen LogP contribution in [0.4, 0.5) is 5.95 Å². The number of nitrogens with zero attached hydrogens (tertiary/aromatic N) is 4. The summed E-state index contributed by atoms with van der Waals surface area (Å²) in [6.45, 7) is 2.00. The smallest absolute Gasteiger partial charge is 0.223 e. The lowest BCUT2D eigenvalue weighted by Crippen LogP contribution is -2.01. The Hall–Kier alpha value is -2.43. The van der Waals surface area contributed by atoms with Gasteiger partial charge in [-0.1, -0.05) is 6.07 Å². The van der Waals surface area contributed by atoms with Gasteiger partial charge in [0.25, 0.3) is 0 Å². The lowest BCUT2D eigenvalue weighted by molar-refractivity contribution is 1.09. The van der Waals surface area contributed by atoms with Crippen LogP contribution in [0.15, 0.2) is 36.8 Å². The molecule has 0 bridgehead atoms. The SMILES string of the molecule is CNc1ncc(C)c(-c2cccc3nccn23)n1. The first-order valence-electron chi connectivity index (χ1n) is 5.73. The monoisotopic (exact) mass is 239 g/mol. The maximum absolute atomic E-state index is 4.52. The number of hydrogen-bond donors (Lipinski definition) is 1. The van der Waals surface area contributed by atoms with Crippen LogP contribution in [0, 0.1) is 6.92 Å². The molecule has 5 nitrogen and oxygen atoms in total. The Labute approximate surface area is 105 Å². The number of aryl methyl sites for hydroxylation is 1. The summed E-state index contributed by atoms with van der Waals surface area (Å²) in [7, 11) is 1.81. The molecule has 0 saturated heterocycles. The molecule has 0 aromatic carbocycles. The molecule has 0 aliphatic rings. The fourth-order valence-corrected chi connectivity index (χ4v) is 1.96. The number of pyridine rings is 1.